The van der Waals surface area contributed by atoms with E-state index in [-0.39, 0.29) is 11.3 Å². The first kappa shape index (κ1) is 18.4. The van der Waals surface area contributed by atoms with Gasteiger partial charge in [0.15, 0.2) is 0 Å². The van der Waals surface area contributed by atoms with E-state index in [0.717, 1.165) is 25.7 Å². The van der Waals surface area contributed by atoms with Crippen molar-refractivity contribution in [2.75, 3.05) is 11.9 Å². The van der Waals surface area contributed by atoms with Gasteiger partial charge < -0.3 is 15.8 Å². The minimum Gasteiger partial charge on any atom is -0.436 e. The fraction of sp³-hybridized carbons (Fsp3) is 0.526. The molecule has 1 amide bonds. The van der Waals surface area contributed by atoms with Crippen LogP contribution in [-0.4, -0.2) is 27.2 Å². The van der Waals surface area contributed by atoms with Crippen molar-refractivity contribution in [3.63, 3.8) is 0 Å². The lowest BCUT2D eigenvalue weighted by atomic mass is 9.71. The fourth-order valence-corrected chi connectivity index (χ4v) is 3.70. The number of anilines is 1. The van der Waals surface area contributed by atoms with Gasteiger partial charge in [0.2, 0.25) is 11.8 Å². The SMILES string of the molecule is Cc1nn(C)c(Oc2cccnc2)c1NC(=O)CC1(CN)CCCCC1. The Morgan fingerprint density at radius 1 is 1.38 bits per heavy atom. The Bertz CT molecular complexity index is 751. The molecule has 2 aromatic heterocycles. The Balaban J connectivity index is 1.75. The Morgan fingerprint density at radius 2 is 2.15 bits per heavy atom. The summed E-state index contributed by atoms with van der Waals surface area (Å²) < 4.78 is 7.52. The van der Waals surface area contributed by atoms with Gasteiger partial charge in [0.1, 0.15) is 11.4 Å². The quantitative estimate of drug-likeness (QED) is 0.828. The van der Waals surface area contributed by atoms with Crippen molar-refractivity contribution in [2.45, 2.75) is 45.4 Å². The third-order valence-corrected chi connectivity index (χ3v) is 5.17. The van der Waals surface area contributed by atoms with Crippen molar-refractivity contribution in [1.29, 1.82) is 0 Å². The molecule has 1 fully saturated rings. The number of carbonyl (C=O) groups is 1. The molecule has 0 spiro atoms. The number of pyridine rings is 1. The van der Waals surface area contributed by atoms with E-state index in [1.165, 1.54) is 6.42 Å². The molecule has 1 aliphatic rings. The maximum Gasteiger partial charge on any atom is 0.241 e. The number of nitrogens with zero attached hydrogens (tertiary/aromatic N) is 3. The molecular weight excluding hydrogens is 330 g/mol. The van der Waals surface area contributed by atoms with E-state index in [0.29, 0.717) is 36.0 Å². The molecule has 0 aromatic carbocycles. The van der Waals surface area contributed by atoms with Crippen LogP contribution in [0.2, 0.25) is 0 Å². The topological polar surface area (TPSA) is 95.1 Å². The van der Waals surface area contributed by atoms with E-state index >= 15 is 0 Å². The molecule has 0 atom stereocenters. The Morgan fingerprint density at radius 3 is 2.81 bits per heavy atom. The van der Waals surface area contributed by atoms with Crippen LogP contribution in [0.15, 0.2) is 24.5 Å². The van der Waals surface area contributed by atoms with Gasteiger partial charge in [-0.25, -0.2) is 4.68 Å². The standard InChI is InChI=1S/C19H27N5O2/c1-14-17(18(24(2)23-14)26-15-7-6-10-21-12-15)22-16(25)11-19(13-20)8-4-3-5-9-19/h6-7,10,12H,3-5,8-9,11,13,20H2,1-2H3,(H,22,25). The lowest BCUT2D eigenvalue weighted by Gasteiger charge is -2.35. The van der Waals surface area contributed by atoms with Crippen molar-refractivity contribution in [3.8, 4) is 11.6 Å². The van der Waals surface area contributed by atoms with Gasteiger partial charge in [0.25, 0.3) is 0 Å². The second kappa shape index (κ2) is 7.86. The fourth-order valence-electron chi connectivity index (χ4n) is 3.70. The lowest BCUT2D eigenvalue weighted by Crippen LogP contribution is -2.36. The van der Waals surface area contributed by atoms with E-state index in [4.69, 9.17) is 10.5 Å². The number of amides is 1. The van der Waals surface area contributed by atoms with E-state index in [1.807, 2.05) is 13.0 Å². The molecule has 26 heavy (non-hydrogen) atoms. The summed E-state index contributed by atoms with van der Waals surface area (Å²) in [6.07, 6.45) is 9.29. The zero-order valence-electron chi connectivity index (χ0n) is 15.5. The molecule has 0 bridgehead atoms. The van der Waals surface area contributed by atoms with Crippen LogP contribution in [0.5, 0.6) is 11.6 Å². The van der Waals surface area contributed by atoms with Gasteiger partial charge in [-0.3, -0.25) is 9.78 Å². The van der Waals surface area contributed by atoms with Gasteiger partial charge in [0, 0.05) is 19.7 Å². The summed E-state index contributed by atoms with van der Waals surface area (Å²) in [5.41, 5.74) is 7.25. The summed E-state index contributed by atoms with van der Waals surface area (Å²) in [4.78, 5) is 16.8. The van der Waals surface area contributed by atoms with Crippen LogP contribution in [0, 0.1) is 12.3 Å². The average molecular weight is 357 g/mol. The predicted octanol–water partition coefficient (Wildman–Crippen LogP) is 3.15. The summed E-state index contributed by atoms with van der Waals surface area (Å²) in [7, 11) is 1.79. The second-order valence-electron chi connectivity index (χ2n) is 7.17. The van der Waals surface area contributed by atoms with Crippen molar-refractivity contribution in [3.05, 3.63) is 30.2 Å². The molecule has 0 unspecified atom stereocenters. The van der Waals surface area contributed by atoms with Gasteiger partial charge >= 0.3 is 0 Å². The van der Waals surface area contributed by atoms with Gasteiger partial charge in [-0.15, -0.1) is 0 Å². The van der Waals surface area contributed by atoms with Crippen LogP contribution in [0.3, 0.4) is 0 Å². The normalized spacial score (nSPS) is 16.3. The maximum atomic E-state index is 12.7. The van der Waals surface area contributed by atoms with Crippen molar-refractivity contribution in [2.24, 2.45) is 18.2 Å². The highest BCUT2D eigenvalue weighted by Gasteiger charge is 2.33. The highest BCUT2D eigenvalue weighted by molar-refractivity contribution is 5.93. The average Bonchev–Trinajstić information content (AvgIpc) is 2.90. The molecule has 7 nitrogen and oxygen atoms in total. The number of nitrogens with two attached hydrogens (primary N) is 1. The molecule has 2 aromatic rings. The van der Waals surface area contributed by atoms with Crippen molar-refractivity contribution < 1.29 is 9.53 Å². The van der Waals surface area contributed by atoms with Crippen LogP contribution >= 0.6 is 0 Å². The highest BCUT2D eigenvalue weighted by Crippen LogP contribution is 2.39. The van der Waals surface area contributed by atoms with Crippen LogP contribution < -0.4 is 15.8 Å². The predicted molar refractivity (Wildman–Crippen MR) is 100 cm³/mol. The summed E-state index contributed by atoms with van der Waals surface area (Å²) in [6, 6.07) is 3.61. The van der Waals surface area contributed by atoms with Gasteiger partial charge in [-0.05, 0) is 43.9 Å². The molecular formula is C19H27N5O2. The molecule has 3 N–H and O–H groups in total. The number of carbonyl (C=O) groups excluding carboxylic acids is 1. The maximum absolute atomic E-state index is 12.7. The minimum atomic E-state index is -0.0805. The molecule has 0 radical (unpaired) electrons. The largest absolute Gasteiger partial charge is 0.436 e. The van der Waals surface area contributed by atoms with Crippen LogP contribution in [0.4, 0.5) is 5.69 Å². The summed E-state index contributed by atoms with van der Waals surface area (Å²) in [5.74, 6) is 1.05. The Kier molecular flexibility index (Phi) is 5.56. The third kappa shape index (κ3) is 4.04. The molecule has 140 valence electrons. The van der Waals surface area contributed by atoms with Crippen LogP contribution in [0.25, 0.3) is 0 Å². The number of aromatic nitrogens is 3. The van der Waals surface area contributed by atoms with Gasteiger partial charge in [-0.2, -0.15) is 5.10 Å². The van der Waals surface area contributed by atoms with Crippen LogP contribution in [-0.2, 0) is 11.8 Å². The molecule has 0 aliphatic heterocycles. The summed E-state index contributed by atoms with van der Waals surface area (Å²) in [6.45, 7) is 2.40. The second-order valence-corrected chi connectivity index (χ2v) is 7.17. The monoisotopic (exact) mass is 357 g/mol. The highest BCUT2D eigenvalue weighted by atomic mass is 16.5. The number of hydrogen-bond donors (Lipinski definition) is 2. The number of nitrogens with one attached hydrogen (secondary N) is 1. The first-order chi connectivity index (χ1) is 12.5. The Hall–Kier alpha value is -2.41. The van der Waals surface area contributed by atoms with Crippen LogP contribution in [0.1, 0.15) is 44.2 Å². The number of aryl methyl sites for hydroxylation is 2. The first-order valence-electron chi connectivity index (χ1n) is 9.14. The van der Waals surface area contributed by atoms with E-state index in [9.17, 15) is 4.79 Å². The molecule has 0 saturated heterocycles. The smallest absolute Gasteiger partial charge is 0.241 e. The number of rotatable bonds is 6. The zero-order valence-corrected chi connectivity index (χ0v) is 15.5. The van der Waals surface area contributed by atoms with E-state index in [2.05, 4.69) is 15.4 Å². The van der Waals surface area contributed by atoms with Gasteiger partial charge in [0.05, 0.1) is 11.9 Å². The lowest BCUT2D eigenvalue weighted by molar-refractivity contribution is -0.118. The first-order valence-corrected chi connectivity index (χ1v) is 9.14. The minimum absolute atomic E-state index is 0.0375. The molecule has 1 saturated carbocycles. The molecule has 1 aliphatic carbocycles. The Labute approximate surface area is 153 Å². The van der Waals surface area contributed by atoms with Gasteiger partial charge in [-0.1, -0.05) is 19.3 Å². The third-order valence-electron chi connectivity index (χ3n) is 5.17. The van der Waals surface area contributed by atoms with Crippen molar-refractivity contribution >= 4 is 11.6 Å². The molecule has 3 rings (SSSR count). The zero-order chi connectivity index (χ0) is 18.6. The molecule has 2 heterocycles. The molecule has 7 heteroatoms. The van der Waals surface area contributed by atoms with E-state index < -0.39 is 0 Å². The van der Waals surface area contributed by atoms with E-state index in [1.54, 1.807) is 30.2 Å². The summed E-state index contributed by atoms with van der Waals surface area (Å²) in [5, 5.41) is 7.38. The number of ether oxygens (including phenoxy) is 1. The van der Waals surface area contributed by atoms with Crippen molar-refractivity contribution in [1.82, 2.24) is 14.8 Å². The summed E-state index contributed by atoms with van der Waals surface area (Å²) >= 11 is 0. The number of hydrogen-bond acceptors (Lipinski definition) is 5.